The summed E-state index contributed by atoms with van der Waals surface area (Å²) < 4.78 is 28.4. The minimum absolute atomic E-state index is 0.280. The molecule has 0 fully saturated rings. The second-order valence-corrected chi connectivity index (χ2v) is 7.21. The average molecular weight is 326 g/mol. The molecule has 0 bridgehead atoms. The van der Waals surface area contributed by atoms with Gasteiger partial charge in [-0.2, -0.15) is 0 Å². The van der Waals surface area contributed by atoms with Crippen molar-refractivity contribution in [2.45, 2.75) is 4.90 Å². The highest BCUT2D eigenvalue weighted by atomic mass is 32.2. The zero-order valence-electron chi connectivity index (χ0n) is 12.4. The van der Waals surface area contributed by atoms with E-state index in [1.54, 1.807) is 36.4 Å². The molecule has 0 aliphatic rings. The lowest BCUT2D eigenvalue weighted by Crippen LogP contribution is -1.96. The maximum absolute atomic E-state index is 11.5. The third-order valence-corrected chi connectivity index (χ3v) is 4.63. The largest absolute Gasteiger partial charge is 0.453 e. The molecule has 4 nitrogen and oxygen atoms in total. The van der Waals surface area contributed by atoms with E-state index < -0.39 is 9.84 Å². The van der Waals surface area contributed by atoms with Gasteiger partial charge in [0.2, 0.25) is 0 Å². The monoisotopic (exact) mass is 326 g/mol. The van der Waals surface area contributed by atoms with Gasteiger partial charge < -0.3 is 4.42 Å². The third-order valence-electron chi connectivity index (χ3n) is 3.51. The van der Waals surface area contributed by atoms with Crippen LogP contribution in [0.2, 0.25) is 0 Å². The van der Waals surface area contributed by atoms with Gasteiger partial charge in [0.1, 0.15) is 5.76 Å². The highest BCUT2D eigenvalue weighted by Gasteiger charge is 2.09. The van der Waals surface area contributed by atoms with Crippen molar-refractivity contribution < 1.29 is 17.6 Å². The van der Waals surface area contributed by atoms with Crippen molar-refractivity contribution in [2.75, 3.05) is 6.26 Å². The SMILES string of the molecule is CS(=O)(=O)c1ccc(-c2cccc(-c3ccc(C=O)o3)c2)cc1. The van der Waals surface area contributed by atoms with E-state index in [9.17, 15) is 13.2 Å². The molecule has 0 radical (unpaired) electrons. The first-order valence-corrected chi connectivity index (χ1v) is 8.82. The number of hydrogen-bond acceptors (Lipinski definition) is 4. The Bertz CT molecular complexity index is 951. The van der Waals surface area contributed by atoms with Crippen molar-refractivity contribution in [3.05, 3.63) is 66.4 Å². The van der Waals surface area contributed by atoms with Crippen molar-refractivity contribution >= 4 is 16.1 Å². The summed E-state index contributed by atoms with van der Waals surface area (Å²) in [5.41, 5.74) is 2.69. The number of sulfone groups is 1. The number of carbonyl (C=O) groups excluding carboxylic acids is 1. The van der Waals surface area contributed by atoms with Crippen LogP contribution in [0.15, 0.2) is 70.0 Å². The van der Waals surface area contributed by atoms with Crippen LogP contribution in [0.5, 0.6) is 0 Å². The van der Waals surface area contributed by atoms with Crippen molar-refractivity contribution in [3.8, 4) is 22.5 Å². The van der Waals surface area contributed by atoms with Crippen molar-refractivity contribution in [3.63, 3.8) is 0 Å². The molecule has 0 atom stereocenters. The first-order valence-electron chi connectivity index (χ1n) is 6.93. The molecule has 0 aliphatic carbocycles. The highest BCUT2D eigenvalue weighted by molar-refractivity contribution is 7.90. The van der Waals surface area contributed by atoms with Gasteiger partial charge in [0, 0.05) is 11.8 Å². The Hall–Kier alpha value is -2.66. The Morgan fingerprint density at radius 2 is 1.57 bits per heavy atom. The summed E-state index contributed by atoms with van der Waals surface area (Å²) in [6, 6.07) is 17.7. The molecule has 0 saturated heterocycles. The molecular weight excluding hydrogens is 312 g/mol. The summed E-state index contributed by atoms with van der Waals surface area (Å²) in [6.45, 7) is 0. The van der Waals surface area contributed by atoms with Crippen molar-refractivity contribution in [1.82, 2.24) is 0 Å². The predicted octanol–water partition coefficient (Wildman–Crippen LogP) is 3.83. The van der Waals surface area contributed by atoms with E-state index in [0.29, 0.717) is 16.9 Å². The van der Waals surface area contributed by atoms with E-state index in [1.165, 1.54) is 6.26 Å². The van der Waals surface area contributed by atoms with Crippen molar-refractivity contribution in [2.24, 2.45) is 0 Å². The summed E-state index contributed by atoms with van der Waals surface area (Å²) >= 11 is 0. The number of furan rings is 1. The molecule has 1 aromatic heterocycles. The van der Waals surface area contributed by atoms with Gasteiger partial charge in [-0.15, -0.1) is 0 Å². The molecule has 0 saturated carbocycles. The van der Waals surface area contributed by atoms with Gasteiger partial charge >= 0.3 is 0 Å². The molecule has 0 N–H and O–H groups in total. The van der Waals surface area contributed by atoms with Gasteiger partial charge in [0.25, 0.3) is 0 Å². The molecule has 3 aromatic rings. The molecule has 116 valence electrons. The summed E-state index contributed by atoms with van der Waals surface area (Å²) in [7, 11) is -3.20. The van der Waals surface area contributed by atoms with E-state index >= 15 is 0 Å². The van der Waals surface area contributed by atoms with Crippen LogP contribution in [0.4, 0.5) is 0 Å². The van der Waals surface area contributed by atoms with Crippen LogP contribution in [0, 0.1) is 0 Å². The van der Waals surface area contributed by atoms with E-state index in [2.05, 4.69) is 0 Å². The van der Waals surface area contributed by atoms with Gasteiger partial charge in [-0.25, -0.2) is 8.42 Å². The molecule has 3 rings (SSSR count). The van der Waals surface area contributed by atoms with Crippen LogP contribution in [0.25, 0.3) is 22.5 Å². The molecule has 0 unspecified atom stereocenters. The number of benzene rings is 2. The van der Waals surface area contributed by atoms with Crippen molar-refractivity contribution in [1.29, 1.82) is 0 Å². The van der Waals surface area contributed by atoms with Crippen LogP contribution >= 0.6 is 0 Å². The Kier molecular flexibility index (Phi) is 3.88. The van der Waals surface area contributed by atoms with Crippen LogP contribution in [0.3, 0.4) is 0 Å². The van der Waals surface area contributed by atoms with Crippen LogP contribution in [-0.2, 0) is 9.84 Å². The Balaban J connectivity index is 1.98. The lowest BCUT2D eigenvalue weighted by Gasteiger charge is -2.05. The fourth-order valence-corrected chi connectivity index (χ4v) is 2.95. The Morgan fingerprint density at radius 3 is 2.17 bits per heavy atom. The molecule has 5 heteroatoms. The minimum Gasteiger partial charge on any atom is -0.453 e. The maximum Gasteiger partial charge on any atom is 0.185 e. The topological polar surface area (TPSA) is 64.3 Å². The van der Waals surface area contributed by atoms with Gasteiger partial charge in [0.15, 0.2) is 21.9 Å². The fraction of sp³-hybridized carbons (Fsp3) is 0.0556. The fourth-order valence-electron chi connectivity index (χ4n) is 2.32. The first kappa shape index (κ1) is 15.2. The minimum atomic E-state index is -3.20. The Morgan fingerprint density at radius 1 is 0.870 bits per heavy atom. The van der Waals surface area contributed by atoms with E-state index in [0.717, 1.165) is 16.7 Å². The van der Waals surface area contributed by atoms with Crippen LogP contribution < -0.4 is 0 Å². The number of rotatable bonds is 4. The molecule has 0 amide bonds. The summed E-state index contributed by atoms with van der Waals surface area (Å²) in [4.78, 5) is 11.0. The molecule has 0 aliphatic heterocycles. The molecule has 2 aromatic carbocycles. The molecule has 0 spiro atoms. The predicted molar refractivity (Wildman–Crippen MR) is 88.1 cm³/mol. The van der Waals surface area contributed by atoms with Gasteiger partial charge in [-0.05, 0) is 41.5 Å². The van der Waals surface area contributed by atoms with E-state index in [1.807, 2.05) is 24.3 Å². The normalized spacial score (nSPS) is 11.3. The number of carbonyl (C=O) groups is 1. The number of hydrogen-bond donors (Lipinski definition) is 0. The number of aldehydes is 1. The molecular formula is C18H14O4S. The second-order valence-electron chi connectivity index (χ2n) is 5.20. The Labute approximate surface area is 134 Å². The standard InChI is InChI=1S/C18H14O4S/c1-23(20,21)17-8-5-13(6-9-17)14-3-2-4-15(11-14)18-10-7-16(12-19)22-18/h2-12H,1H3. The summed E-state index contributed by atoms with van der Waals surface area (Å²) in [5.74, 6) is 0.893. The van der Waals surface area contributed by atoms with Gasteiger partial charge in [-0.3, -0.25) is 4.79 Å². The first-order chi connectivity index (χ1) is 11.0. The second kappa shape index (κ2) is 5.85. The zero-order valence-corrected chi connectivity index (χ0v) is 13.2. The lowest BCUT2D eigenvalue weighted by molar-refractivity contribution is 0.110. The summed E-state index contributed by atoms with van der Waals surface area (Å²) in [6.07, 6.45) is 1.85. The quantitative estimate of drug-likeness (QED) is 0.684. The molecule has 23 heavy (non-hydrogen) atoms. The highest BCUT2D eigenvalue weighted by Crippen LogP contribution is 2.28. The molecule has 1 heterocycles. The maximum atomic E-state index is 11.5. The van der Waals surface area contributed by atoms with Crippen LogP contribution in [-0.4, -0.2) is 21.0 Å². The van der Waals surface area contributed by atoms with Gasteiger partial charge in [-0.1, -0.05) is 30.3 Å². The third kappa shape index (κ3) is 3.24. The van der Waals surface area contributed by atoms with E-state index in [-0.39, 0.29) is 5.76 Å². The van der Waals surface area contributed by atoms with E-state index in [4.69, 9.17) is 4.42 Å². The summed E-state index contributed by atoms with van der Waals surface area (Å²) in [5, 5.41) is 0. The van der Waals surface area contributed by atoms with Crippen LogP contribution in [0.1, 0.15) is 10.6 Å². The average Bonchev–Trinajstić information content (AvgIpc) is 3.03. The zero-order chi connectivity index (χ0) is 16.4. The van der Waals surface area contributed by atoms with Gasteiger partial charge in [0.05, 0.1) is 4.90 Å². The lowest BCUT2D eigenvalue weighted by atomic mass is 10.0. The smallest absolute Gasteiger partial charge is 0.185 e.